The lowest BCUT2D eigenvalue weighted by atomic mass is 9.88. The molecule has 0 unspecified atom stereocenters. The Balaban J connectivity index is 1.84. The van der Waals surface area contributed by atoms with Crippen molar-refractivity contribution in [2.24, 2.45) is 5.92 Å². The Hall–Kier alpha value is -3.84. The molecule has 3 N–H and O–H groups in total. The summed E-state index contributed by atoms with van der Waals surface area (Å²) in [4.78, 5) is 24.4. The second kappa shape index (κ2) is 12.0. The molecule has 35 heavy (non-hydrogen) atoms. The van der Waals surface area contributed by atoms with Crippen LogP contribution in [0.4, 0.5) is 5.69 Å². The Kier molecular flexibility index (Phi) is 8.86. The monoisotopic (exact) mass is 477 g/mol. The average molecular weight is 478 g/mol. The van der Waals surface area contributed by atoms with E-state index in [0.29, 0.717) is 35.6 Å². The Labute approximate surface area is 205 Å². The highest BCUT2D eigenvalue weighted by Gasteiger charge is 2.29. The van der Waals surface area contributed by atoms with Crippen LogP contribution in [0.1, 0.15) is 46.0 Å². The van der Waals surface area contributed by atoms with Gasteiger partial charge in [0.25, 0.3) is 0 Å². The Bertz CT molecular complexity index is 1120. The van der Waals surface area contributed by atoms with Crippen LogP contribution >= 0.6 is 0 Å². The number of carboxylic acid groups (broad SMARTS) is 1. The highest BCUT2D eigenvalue weighted by molar-refractivity contribution is 5.94. The number of aliphatic hydroxyl groups excluding tert-OH is 1. The zero-order valence-corrected chi connectivity index (χ0v) is 20.2. The number of ether oxygens (including phenoxy) is 2. The Morgan fingerprint density at radius 2 is 1.54 bits per heavy atom. The van der Waals surface area contributed by atoms with Crippen LogP contribution in [-0.4, -0.2) is 36.3 Å². The molecular weight excluding hydrogens is 446 g/mol. The molecule has 3 aromatic rings. The standard InChI is InChI=1S/C28H31NO6/c1-18-24(34-2)16-21(17-25(18)35-3)26(30)23(11-7-10-19-8-5-4-6-9-19)27(31)29-22-14-12-20(13-15-22)28(32)33/h4-6,8-9,12-17,23,26,30H,7,10-11H2,1-3H3,(H,29,31)(H,32,33)/t23-,26-/m1/s1. The van der Waals surface area contributed by atoms with E-state index in [-0.39, 0.29) is 11.5 Å². The van der Waals surface area contributed by atoms with E-state index in [9.17, 15) is 14.7 Å². The van der Waals surface area contributed by atoms with Crippen molar-refractivity contribution in [3.63, 3.8) is 0 Å². The first kappa shape index (κ1) is 25.8. The van der Waals surface area contributed by atoms with Crippen LogP contribution in [0.25, 0.3) is 0 Å². The summed E-state index contributed by atoms with van der Waals surface area (Å²) in [7, 11) is 3.09. The minimum atomic E-state index is -1.10. The van der Waals surface area contributed by atoms with Crippen molar-refractivity contribution in [2.75, 3.05) is 19.5 Å². The Morgan fingerprint density at radius 3 is 2.09 bits per heavy atom. The number of aromatic carboxylic acids is 1. The predicted octanol–water partition coefficient (Wildman–Crippen LogP) is 5.02. The van der Waals surface area contributed by atoms with Gasteiger partial charge in [0.2, 0.25) is 5.91 Å². The van der Waals surface area contributed by atoms with Crippen LogP contribution in [0, 0.1) is 12.8 Å². The largest absolute Gasteiger partial charge is 0.496 e. The molecule has 0 aromatic heterocycles. The van der Waals surface area contributed by atoms with E-state index in [0.717, 1.165) is 17.5 Å². The molecule has 0 aliphatic heterocycles. The SMILES string of the molecule is COc1cc([C@@H](O)[C@@H](CCCc2ccccc2)C(=O)Nc2ccc(C(=O)O)cc2)cc(OC)c1C. The maximum Gasteiger partial charge on any atom is 0.335 e. The molecule has 1 amide bonds. The number of benzene rings is 3. The van der Waals surface area contributed by atoms with Gasteiger partial charge in [0.15, 0.2) is 0 Å². The van der Waals surface area contributed by atoms with Gasteiger partial charge in [-0.1, -0.05) is 30.3 Å². The lowest BCUT2D eigenvalue weighted by Crippen LogP contribution is -2.28. The number of aliphatic hydroxyl groups is 1. The first-order chi connectivity index (χ1) is 16.8. The summed E-state index contributed by atoms with van der Waals surface area (Å²) < 4.78 is 10.9. The van der Waals surface area contributed by atoms with Crippen LogP contribution in [0.5, 0.6) is 11.5 Å². The van der Waals surface area contributed by atoms with E-state index in [4.69, 9.17) is 14.6 Å². The highest BCUT2D eigenvalue weighted by atomic mass is 16.5. The molecule has 3 rings (SSSR count). The van der Waals surface area contributed by atoms with Crippen molar-refractivity contribution in [1.29, 1.82) is 0 Å². The summed E-state index contributed by atoms with van der Waals surface area (Å²) >= 11 is 0. The van der Waals surface area contributed by atoms with E-state index in [2.05, 4.69) is 5.32 Å². The number of hydrogen-bond acceptors (Lipinski definition) is 5. The van der Waals surface area contributed by atoms with Gasteiger partial charge in [0.1, 0.15) is 11.5 Å². The van der Waals surface area contributed by atoms with Gasteiger partial charge >= 0.3 is 5.97 Å². The van der Waals surface area contributed by atoms with E-state index in [1.54, 1.807) is 26.4 Å². The number of carbonyl (C=O) groups is 2. The first-order valence-electron chi connectivity index (χ1n) is 11.4. The summed E-state index contributed by atoms with van der Waals surface area (Å²) in [5.41, 5.74) is 3.06. The van der Waals surface area contributed by atoms with Gasteiger partial charge in [0, 0.05) is 11.3 Å². The smallest absolute Gasteiger partial charge is 0.335 e. The second-order valence-electron chi connectivity index (χ2n) is 8.35. The Morgan fingerprint density at radius 1 is 0.943 bits per heavy atom. The number of hydrogen-bond donors (Lipinski definition) is 3. The minimum Gasteiger partial charge on any atom is -0.496 e. The zero-order chi connectivity index (χ0) is 25.4. The first-order valence-corrected chi connectivity index (χ1v) is 11.4. The van der Waals surface area contributed by atoms with Gasteiger partial charge in [-0.05, 0) is 73.7 Å². The summed E-state index contributed by atoms with van der Waals surface area (Å²) in [6.07, 6.45) is 0.795. The van der Waals surface area contributed by atoms with Crippen LogP contribution in [0.2, 0.25) is 0 Å². The molecule has 0 radical (unpaired) electrons. The summed E-state index contributed by atoms with van der Waals surface area (Å²) in [6, 6.07) is 19.3. The van der Waals surface area contributed by atoms with E-state index in [1.807, 2.05) is 37.3 Å². The highest BCUT2D eigenvalue weighted by Crippen LogP contribution is 2.36. The normalized spacial score (nSPS) is 12.5. The van der Waals surface area contributed by atoms with Crippen molar-refractivity contribution >= 4 is 17.6 Å². The van der Waals surface area contributed by atoms with Crippen molar-refractivity contribution in [3.8, 4) is 11.5 Å². The van der Waals surface area contributed by atoms with E-state index < -0.39 is 18.0 Å². The molecule has 0 saturated carbocycles. The van der Waals surface area contributed by atoms with Gasteiger partial charge in [-0.2, -0.15) is 0 Å². The topological polar surface area (TPSA) is 105 Å². The number of rotatable bonds is 11. The van der Waals surface area contributed by atoms with Crippen LogP contribution in [-0.2, 0) is 11.2 Å². The zero-order valence-electron chi connectivity index (χ0n) is 20.2. The van der Waals surface area contributed by atoms with E-state index >= 15 is 0 Å². The third-order valence-electron chi connectivity index (χ3n) is 6.06. The summed E-state index contributed by atoms with van der Waals surface area (Å²) in [5, 5.41) is 23.2. The molecule has 0 fully saturated rings. The van der Waals surface area contributed by atoms with Gasteiger partial charge < -0.3 is 25.0 Å². The molecule has 3 aromatic carbocycles. The average Bonchev–Trinajstić information content (AvgIpc) is 2.87. The molecule has 0 heterocycles. The molecule has 0 aliphatic rings. The molecule has 0 bridgehead atoms. The summed E-state index contributed by atoms with van der Waals surface area (Å²) in [5.74, 6) is -1.03. The van der Waals surface area contributed by atoms with Crippen LogP contribution in [0.3, 0.4) is 0 Å². The molecule has 0 spiro atoms. The van der Waals surface area contributed by atoms with Gasteiger partial charge in [-0.25, -0.2) is 4.79 Å². The third kappa shape index (κ3) is 6.61. The molecule has 7 heteroatoms. The number of carbonyl (C=O) groups excluding carboxylic acids is 1. The molecular formula is C28H31NO6. The number of nitrogens with one attached hydrogen (secondary N) is 1. The number of carboxylic acids is 1. The van der Waals surface area contributed by atoms with Crippen molar-refractivity contribution in [2.45, 2.75) is 32.3 Å². The molecule has 7 nitrogen and oxygen atoms in total. The number of amides is 1. The minimum absolute atomic E-state index is 0.126. The molecule has 0 saturated heterocycles. The van der Waals surface area contributed by atoms with Crippen molar-refractivity contribution in [1.82, 2.24) is 0 Å². The number of aryl methyl sites for hydroxylation is 1. The van der Waals surface area contributed by atoms with E-state index in [1.165, 1.54) is 24.3 Å². The molecule has 0 aliphatic carbocycles. The number of methoxy groups -OCH3 is 2. The van der Waals surface area contributed by atoms with Crippen LogP contribution < -0.4 is 14.8 Å². The second-order valence-corrected chi connectivity index (χ2v) is 8.35. The lowest BCUT2D eigenvalue weighted by molar-refractivity contribution is -0.123. The van der Waals surface area contributed by atoms with Crippen LogP contribution in [0.15, 0.2) is 66.7 Å². The predicted molar refractivity (Wildman–Crippen MR) is 134 cm³/mol. The molecule has 2 atom stereocenters. The maximum atomic E-state index is 13.3. The summed E-state index contributed by atoms with van der Waals surface area (Å²) in [6.45, 7) is 1.86. The van der Waals surface area contributed by atoms with Crippen molar-refractivity contribution in [3.05, 3.63) is 89.0 Å². The maximum absolute atomic E-state index is 13.3. The lowest BCUT2D eigenvalue weighted by Gasteiger charge is -2.24. The van der Waals surface area contributed by atoms with Gasteiger partial charge in [-0.15, -0.1) is 0 Å². The van der Waals surface area contributed by atoms with Gasteiger partial charge in [-0.3, -0.25) is 4.79 Å². The quantitative estimate of drug-likeness (QED) is 0.358. The van der Waals surface area contributed by atoms with Gasteiger partial charge in [0.05, 0.1) is 31.8 Å². The fraction of sp³-hybridized carbons (Fsp3) is 0.286. The third-order valence-corrected chi connectivity index (χ3v) is 6.06. The fourth-order valence-corrected chi connectivity index (χ4v) is 4.04. The molecule has 184 valence electrons. The fourth-order valence-electron chi connectivity index (χ4n) is 4.04. The van der Waals surface area contributed by atoms with Crippen molar-refractivity contribution < 1.29 is 29.3 Å². The number of anilines is 1.